The molecule has 0 fully saturated rings. The third-order valence-electron chi connectivity index (χ3n) is 2.13. The lowest BCUT2D eigenvalue weighted by atomic mass is 10.2. The number of carboxylic acids is 1. The molecule has 1 amide bonds. The zero-order chi connectivity index (χ0) is 12.7. The number of rotatable bonds is 5. The Labute approximate surface area is 99.2 Å². The van der Waals surface area contributed by atoms with E-state index >= 15 is 0 Å². The highest BCUT2D eigenvalue weighted by atomic mass is 16.4. The van der Waals surface area contributed by atoms with Crippen LogP contribution in [0, 0.1) is 0 Å². The zero-order valence-electron chi connectivity index (χ0n) is 9.46. The molecule has 1 aromatic heterocycles. The summed E-state index contributed by atoms with van der Waals surface area (Å²) in [6, 6.07) is 2.70. The minimum absolute atomic E-state index is 0.349. The molecule has 1 rings (SSSR count). The lowest BCUT2D eigenvalue weighted by Crippen LogP contribution is -2.39. The molecule has 0 aliphatic carbocycles. The van der Waals surface area contributed by atoms with Crippen molar-refractivity contribution in [1.29, 1.82) is 0 Å². The summed E-state index contributed by atoms with van der Waals surface area (Å²) in [6.07, 6.45) is 6.47. The molecule has 5 heteroatoms. The molecular weight excluding hydrogens is 220 g/mol. The molecule has 1 aromatic rings. The molecule has 1 atom stereocenters. The molecule has 0 spiro atoms. The molecule has 1 heterocycles. The molecule has 0 aliphatic rings. The second-order valence-electron chi connectivity index (χ2n) is 3.43. The third kappa shape index (κ3) is 4.46. The van der Waals surface area contributed by atoms with Gasteiger partial charge < -0.3 is 10.4 Å². The van der Waals surface area contributed by atoms with Gasteiger partial charge in [-0.15, -0.1) is 0 Å². The molecule has 90 valence electrons. The third-order valence-corrected chi connectivity index (χ3v) is 2.13. The maximum atomic E-state index is 11.4. The fourth-order valence-corrected chi connectivity index (χ4v) is 1.20. The predicted molar refractivity (Wildman–Crippen MR) is 63.1 cm³/mol. The van der Waals surface area contributed by atoms with Crippen molar-refractivity contribution in [3.05, 3.63) is 36.2 Å². The van der Waals surface area contributed by atoms with Crippen molar-refractivity contribution in [2.24, 2.45) is 0 Å². The number of nitrogens with one attached hydrogen (secondary N) is 1. The number of carbonyl (C=O) groups is 2. The van der Waals surface area contributed by atoms with Gasteiger partial charge in [-0.2, -0.15) is 0 Å². The second kappa shape index (κ2) is 6.42. The van der Waals surface area contributed by atoms with Crippen LogP contribution in [0.4, 0.5) is 0 Å². The summed E-state index contributed by atoms with van der Waals surface area (Å²) in [6.45, 7) is 1.70. The Morgan fingerprint density at radius 1 is 1.59 bits per heavy atom. The van der Waals surface area contributed by atoms with E-state index in [2.05, 4.69) is 10.3 Å². The van der Waals surface area contributed by atoms with E-state index in [0.29, 0.717) is 6.42 Å². The molecule has 1 unspecified atom stereocenters. The van der Waals surface area contributed by atoms with Crippen LogP contribution in [0.15, 0.2) is 30.6 Å². The van der Waals surface area contributed by atoms with Crippen molar-refractivity contribution in [3.8, 4) is 0 Å². The van der Waals surface area contributed by atoms with E-state index in [9.17, 15) is 9.59 Å². The van der Waals surface area contributed by atoms with E-state index in [1.807, 2.05) is 0 Å². The Balaban J connectivity index is 2.55. The molecule has 0 aromatic carbocycles. The number of hydrogen-bond acceptors (Lipinski definition) is 3. The lowest BCUT2D eigenvalue weighted by Gasteiger charge is -2.09. The standard InChI is InChI=1S/C12H14N2O3/c1-2-10(12(16)17)14-11(15)6-5-9-4-3-7-13-8-9/h3-8,10H,2H2,1H3,(H,14,15)(H,16,17). The largest absolute Gasteiger partial charge is 0.480 e. The van der Waals surface area contributed by atoms with Crippen LogP contribution in [0.1, 0.15) is 18.9 Å². The lowest BCUT2D eigenvalue weighted by molar-refractivity contribution is -0.141. The summed E-state index contributed by atoms with van der Waals surface area (Å²) in [5.74, 6) is -1.46. The maximum Gasteiger partial charge on any atom is 0.326 e. The van der Waals surface area contributed by atoms with Gasteiger partial charge in [0.2, 0.25) is 5.91 Å². The molecule has 17 heavy (non-hydrogen) atoms. The molecule has 5 nitrogen and oxygen atoms in total. The van der Waals surface area contributed by atoms with Crippen LogP contribution in [0.25, 0.3) is 6.08 Å². The van der Waals surface area contributed by atoms with Crippen molar-refractivity contribution in [1.82, 2.24) is 10.3 Å². The minimum atomic E-state index is -1.03. The van der Waals surface area contributed by atoms with Crippen molar-refractivity contribution < 1.29 is 14.7 Å². The highest BCUT2D eigenvalue weighted by Gasteiger charge is 2.15. The molecule has 0 saturated heterocycles. The molecule has 0 bridgehead atoms. The van der Waals surface area contributed by atoms with E-state index in [1.54, 1.807) is 37.5 Å². The first kappa shape index (κ1) is 12.9. The van der Waals surface area contributed by atoms with E-state index in [0.717, 1.165) is 5.56 Å². The van der Waals surface area contributed by atoms with E-state index in [1.165, 1.54) is 6.08 Å². The molecular formula is C12H14N2O3. The van der Waals surface area contributed by atoms with Crippen molar-refractivity contribution in [2.75, 3.05) is 0 Å². The number of hydrogen-bond donors (Lipinski definition) is 2. The highest BCUT2D eigenvalue weighted by Crippen LogP contribution is 1.98. The molecule has 2 N–H and O–H groups in total. The van der Waals surface area contributed by atoms with Gasteiger partial charge in [0, 0.05) is 18.5 Å². The van der Waals surface area contributed by atoms with Gasteiger partial charge in [-0.3, -0.25) is 9.78 Å². The van der Waals surface area contributed by atoms with E-state index < -0.39 is 17.9 Å². The minimum Gasteiger partial charge on any atom is -0.480 e. The van der Waals surface area contributed by atoms with Gasteiger partial charge in [0.05, 0.1) is 0 Å². The molecule has 0 radical (unpaired) electrons. The van der Waals surface area contributed by atoms with Gasteiger partial charge in [0.15, 0.2) is 0 Å². The average molecular weight is 234 g/mol. The Kier molecular flexibility index (Phi) is 4.87. The molecule has 0 saturated carbocycles. The van der Waals surface area contributed by atoms with Crippen LogP contribution in [0.5, 0.6) is 0 Å². The SMILES string of the molecule is CCC(NC(=O)C=Cc1cccnc1)C(=O)O. The van der Waals surface area contributed by atoms with Crippen LogP contribution < -0.4 is 5.32 Å². The number of pyridine rings is 1. The van der Waals surface area contributed by atoms with Crippen molar-refractivity contribution in [3.63, 3.8) is 0 Å². The van der Waals surface area contributed by atoms with Gasteiger partial charge >= 0.3 is 5.97 Å². The Morgan fingerprint density at radius 3 is 2.88 bits per heavy atom. The second-order valence-corrected chi connectivity index (χ2v) is 3.43. The average Bonchev–Trinajstić information content (AvgIpc) is 2.34. The van der Waals surface area contributed by atoms with Crippen LogP contribution in [0.3, 0.4) is 0 Å². The normalized spacial score (nSPS) is 12.3. The maximum absolute atomic E-state index is 11.4. The summed E-state index contributed by atoms with van der Waals surface area (Å²) >= 11 is 0. The van der Waals surface area contributed by atoms with Gasteiger partial charge in [0.1, 0.15) is 6.04 Å². The number of carbonyl (C=O) groups excluding carboxylic acids is 1. The van der Waals surface area contributed by atoms with Gasteiger partial charge in [-0.25, -0.2) is 4.79 Å². The van der Waals surface area contributed by atoms with Crippen LogP contribution >= 0.6 is 0 Å². The number of aromatic nitrogens is 1. The molecule has 0 aliphatic heterocycles. The van der Waals surface area contributed by atoms with Crippen molar-refractivity contribution >= 4 is 18.0 Å². The predicted octanol–water partition coefficient (Wildman–Crippen LogP) is 1.07. The quantitative estimate of drug-likeness (QED) is 0.747. The van der Waals surface area contributed by atoms with Crippen LogP contribution in [-0.4, -0.2) is 28.0 Å². The first-order chi connectivity index (χ1) is 8.13. The highest BCUT2D eigenvalue weighted by molar-refractivity contribution is 5.94. The Hall–Kier alpha value is -2.17. The van der Waals surface area contributed by atoms with Crippen molar-refractivity contribution in [2.45, 2.75) is 19.4 Å². The monoisotopic (exact) mass is 234 g/mol. The first-order valence-electron chi connectivity index (χ1n) is 5.25. The van der Waals surface area contributed by atoms with Gasteiger partial charge in [-0.05, 0) is 24.1 Å². The Morgan fingerprint density at radius 2 is 2.35 bits per heavy atom. The van der Waals surface area contributed by atoms with E-state index in [4.69, 9.17) is 5.11 Å². The number of nitrogens with zero attached hydrogens (tertiary/aromatic N) is 1. The fourth-order valence-electron chi connectivity index (χ4n) is 1.20. The van der Waals surface area contributed by atoms with Crippen LogP contribution in [-0.2, 0) is 9.59 Å². The van der Waals surface area contributed by atoms with Gasteiger partial charge in [-0.1, -0.05) is 13.0 Å². The number of carboxylic acid groups (broad SMARTS) is 1. The summed E-state index contributed by atoms with van der Waals surface area (Å²) in [5.41, 5.74) is 0.783. The smallest absolute Gasteiger partial charge is 0.326 e. The summed E-state index contributed by atoms with van der Waals surface area (Å²) in [4.78, 5) is 26.0. The first-order valence-corrected chi connectivity index (χ1v) is 5.25. The van der Waals surface area contributed by atoms with Gasteiger partial charge in [0.25, 0.3) is 0 Å². The van der Waals surface area contributed by atoms with Crippen LogP contribution in [0.2, 0.25) is 0 Å². The number of aliphatic carboxylic acids is 1. The zero-order valence-corrected chi connectivity index (χ0v) is 9.46. The summed E-state index contributed by atoms with van der Waals surface area (Å²) in [5, 5.41) is 11.1. The van der Waals surface area contributed by atoms with E-state index in [-0.39, 0.29) is 0 Å². The summed E-state index contributed by atoms with van der Waals surface area (Å²) < 4.78 is 0. The number of amides is 1. The topological polar surface area (TPSA) is 79.3 Å². The Bertz CT molecular complexity index is 415. The summed E-state index contributed by atoms with van der Waals surface area (Å²) in [7, 11) is 0. The fraction of sp³-hybridized carbons (Fsp3) is 0.250.